The van der Waals surface area contributed by atoms with Crippen LogP contribution in [-0.2, 0) is 11.3 Å². The van der Waals surface area contributed by atoms with E-state index in [1.807, 2.05) is 30.3 Å². The lowest BCUT2D eigenvalue weighted by Gasteiger charge is -2.32. The van der Waals surface area contributed by atoms with E-state index in [1.165, 1.54) is 13.1 Å². The van der Waals surface area contributed by atoms with Gasteiger partial charge in [0, 0.05) is 76.5 Å². The summed E-state index contributed by atoms with van der Waals surface area (Å²) in [6.07, 6.45) is 4.49. The number of rotatable bonds is 8. The Morgan fingerprint density at radius 2 is 1.71 bits per heavy atom. The zero-order chi connectivity index (χ0) is 29.5. The number of aromatic nitrogens is 1. The van der Waals surface area contributed by atoms with Gasteiger partial charge in [-0.25, -0.2) is 0 Å². The molecule has 2 aromatic carbocycles. The van der Waals surface area contributed by atoms with Crippen molar-refractivity contribution in [3.05, 3.63) is 83.7 Å². The third-order valence-electron chi connectivity index (χ3n) is 7.67. The van der Waals surface area contributed by atoms with Gasteiger partial charge in [-0.2, -0.15) is 0 Å². The normalized spacial score (nSPS) is 16.5. The number of aromatic hydroxyl groups is 1. The summed E-state index contributed by atoms with van der Waals surface area (Å²) in [5.74, 6) is 0.468. The molecule has 5 rings (SSSR count). The van der Waals surface area contributed by atoms with E-state index >= 15 is 0 Å². The third kappa shape index (κ3) is 7.85. The van der Waals surface area contributed by atoms with Crippen molar-refractivity contribution in [2.45, 2.75) is 51.3 Å². The molecule has 2 saturated heterocycles. The van der Waals surface area contributed by atoms with E-state index in [4.69, 9.17) is 4.74 Å². The molecule has 42 heavy (non-hydrogen) atoms. The SMILES string of the molecule is CC(=O)Nc1cccc(OC2CCN(C(=O)c3ccc(C(=O)NC4CCN(Cc5cccc(O)c5)CC4)cn3)CC2)c1. The topological polar surface area (TPSA) is 124 Å². The molecule has 0 atom stereocenters. The molecule has 3 N–H and O–H groups in total. The summed E-state index contributed by atoms with van der Waals surface area (Å²) < 4.78 is 6.09. The van der Waals surface area contributed by atoms with Crippen LogP contribution in [0.15, 0.2) is 66.9 Å². The summed E-state index contributed by atoms with van der Waals surface area (Å²) in [6.45, 7) is 5.04. The van der Waals surface area contributed by atoms with E-state index in [-0.39, 0.29) is 35.6 Å². The second kappa shape index (κ2) is 13.5. The van der Waals surface area contributed by atoms with Crippen LogP contribution < -0.4 is 15.4 Å². The second-order valence-corrected chi connectivity index (χ2v) is 10.9. The average Bonchev–Trinajstić information content (AvgIpc) is 2.98. The number of hydrogen-bond acceptors (Lipinski definition) is 7. The van der Waals surface area contributed by atoms with Crippen LogP contribution in [0.4, 0.5) is 5.69 Å². The van der Waals surface area contributed by atoms with Crippen molar-refractivity contribution in [1.82, 2.24) is 20.1 Å². The predicted molar refractivity (Wildman–Crippen MR) is 158 cm³/mol. The molecule has 2 aliphatic rings. The lowest BCUT2D eigenvalue weighted by Crippen LogP contribution is -2.44. The van der Waals surface area contributed by atoms with Crippen LogP contribution in [-0.4, -0.2) is 75.9 Å². The zero-order valence-electron chi connectivity index (χ0n) is 23.8. The molecule has 1 aromatic heterocycles. The summed E-state index contributed by atoms with van der Waals surface area (Å²) >= 11 is 0. The number of phenolic OH excluding ortho intramolecular Hbond substituents is 1. The van der Waals surface area contributed by atoms with Gasteiger partial charge in [0.15, 0.2) is 0 Å². The smallest absolute Gasteiger partial charge is 0.272 e. The molecule has 3 amide bonds. The Labute approximate surface area is 245 Å². The molecule has 0 saturated carbocycles. The lowest BCUT2D eigenvalue weighted by molar-refractivity contribution is -0.114. The van der Waals surface area contributed by atoms with Gasteiger partial charge >= 0.3 is 0 Å². The minimum Gasteiger partial charge on any atom is -0.508 e. The van der Waals surface area contributed by atoms with Crippen molar-refractivity contribution in [3.63, 3.8) is 0 Å². The van der Waals surface area contributed by atoms with Gasteiger partial charge in [-0.15, -0.1) is 0 Å². The monoisotopic (exact) mass is 571 g/mol. The first kappa shape index (κ1) is 29.1. The van der Waals surface area contributed by atoms with Gasteiger partial charge in [-0.3, -0.25) is 24.3 Å². The molecule has 10 nitrogen and oxygen atoms in total. The van der Waals surface area contributed by atoms with Crippen LogP contribution in [0.25, 0.3) is 0 Å². The summed E-state index contributed by atoms with van der Waals surface area (Å²) in [4.78, 5) is 45.6. The maximum atomic E-state index is 13.1. The predicted octanol–water partition coefficient (Wildman–Crippen LogP) is 3.82. The van der Waals surface area contributed by atoms with Crippen molar-refractivity contribution in [2.75, 3.05) is 31.5 Å². The molecule has 0 bridgehead atoms. The maximum absolute atomic E-state index is 13.1. The Balaban J connectivity index is 1.05. The van der Waals surface area contributed by atoms with Crippen LogP contribution in [0.5, 0.6) is 11.5 Å². The summed E-state index contributed by atoms with van der Waals surface area (Å²) in [5, 5.41) is 15.5. The van der Waals surface area contributed by atoms with E-state index < -0.39 is 0 Å². The number of benzene rings is 2. The summed E-state index contributed by atoms with van der Waals surface area (Å²) in [6, 6.07) is 17.9. The fourth-order valence-electron chi connectivity index (χ4n) is 5.45. The number of nitrogens with zero attached hydrogens (tertiary/aromatic N) is 3. The first-order chi connectivity index (χ1) is 20.3. The molecule has 0 aliphatic carbocycles. The number of anilines is 1. The van der Waals surface area contributed by atoms with E-state index in [9.17, 15) is 19.5 Å². The highest BCUT2D eigenvalue weighted by atomic mass is 16.5. The first-order valence-electron chi connectivity index (χ1n) is 14.4. The number of piperidine rings is 2. The number of nitrogens with one attached hydrogen (secondary N) is 2. The molecule has 0 radical (unpaired) electrons. The van der Waals surface area contributed by atoms with E-state index in [0.717, 1.165) is 38.0 Å². The Morgan fingerprint density at radius 3 is 2.40 bits per heavy atom. The molecule has 3 heterocycles. The highest BCUT2D eigenvalue weighted by Crippen LogP contribution is 2.23. The van der Waals surface area contributed by atoms with E-state index in [2.05, 4.69) is 20.5 Å². The Morgan fingerprint density at radius 1 is 0.952 bits per heavy atom. The zero-order valence-corrected chi connectivity index (χ0v) is 23.8. The Kier molecular flexibility index (Phi) is 9.33. The fourth-order valence-corrected chi connectivity index (χ4v) is 5.45. The van der Waals surface area contributed by atoms with Gasteiger partial charge < -0.3 is 25.4 Å². The number of pyridine rings is 1. The average molecular weight is 572 g/mol. The standard InChI is InChI=1S/C32H37N5O5/c1-22(38)34-26-5-3-7-29(19-26)42-28-12-16-37(17-13-28)32(41)30-9-8-24(20-33-30)31(40)35-25-10-14-36(15-11-25)21-23-4-2-6-27(39)18-23/h2-9,18-20,25,28,39H,10-17,21H2,1H3,(H,34,38)(H,35,40). The largest absolute Gasteiger partial charge is 0.508 e. The number of ether oxygens (including phenoxy) is 1. The first-order valence-corrected chi connectivity index (χ1v) is 14.4. The molecule has 220 valence electrons. The molecule has 10 heteroatoms. The molecular weight excluding hydrogens is 534 g/mol. The van der Waals surface area contributed by atoms with E-state index in [1.54, 1.807) is 35.2 Å². The van der Waals surface area contributed by atoms with Gasteiger partial charge in [0.2, 0.25) is 5.91 Å². The van der Waals surface area contributed by atoms with Gasteiger partial charge in [-0.1, -0.05) is 18.2 Å². The lowest BCUT2D eigenvalue weighted by atomic mass is 10.0. The maximum Gasteiger partial charge on any atom is 0.272 e. The minimum atomic E-state index is -0.187. The molecule has 3 aromatic rings. The molecule has 2 aliphatic heterocycles. The second-order valence-electron chi connectivity index (χ2n) is 10.9. The van der Waals surface area contributed by atoms with Gasteiger partial charge in [0.25, 0.3) is 11.8 Å². The van der Waals surface area contributed by atoms with Crippen LogP contribution >= 0.6 is 0 Å². The number of phenols is 1. The van der Waals surface area contributed by atoms with Crippen molar-refractivity contribution in [2.24, 2.45) is 0 Å². The van der Waals surface area contributed by atoms with Crippen LogP contribution in [0.3, 0.4) is 0 Å². The Hall–Kier alpha value is -4.44. The van der Waals surface area contributed by atoms with E-state index in [0.29, 0.717) is 48.6 Å². The number of carbonyl (C=O) groups is 3. The van der Waals surface area contributed by atoms with Crippen molar-refractivity contribution in [3.8, 4) is 11.5 Å². The highest BCUT2D eigenvalue weighted by molar-refractivity contribution is 5.96. The highest BCUT2D eigenvalue weighted by Gasteiger charge is 2.26. The Bertz CT molecular complexity index is 1400. The van der Waals surface area contributed by atoms with Gasteiger partial charge in [0.1, 0.15) is 23.3 Å². The van der Waals surface area contributed by atoms with Crippen molar-refractivity contribution >= 4 is 23.4 Å². The summed E-state index contributed by atoms with van der Waals surface area (Å²) in [7, 11) is 0. The molecule has 2 fully saturated rings. The van der Waals surface area contributed by atoms with Crippen molar-refractivity contribution < 1.29 is 24.2 Å². The number of carbonyl (C=O) groups excluding carboxylic acids is 3. The quantitative estimate of drug-likeness (QED) is 0.376. The molecule has 0 spiro atoms. The number of hydrogen-bond donors (Lipinski definition) is 3. The molecular formula is C32H37N5O5. The van der Waals surface area contributed by atoms with Crippen molar-refractivity contribution in [1.29, 1.82) is 0 Å². The summed E-state index contributed by atoms with van der Waals surface area (Å²) in [5.41, 5.74) is 2.50. The van der Waals surface area contributed by atoms with Crippen LogP contribution in [0, 0.1) is 0 Å². The number of amides is 3. The fraction of sp³-hybridized carbons (Fsp3) is 0.375. The van der Waals surface area contributed by atoms with Gasteiger partial charge in [-0.05, 0) is 54.8 Å². The minimum absolute atomic E-state index is 0.0285. The van der Waals surface area contributed by atoms with Gasteiger partial charge in [0.05, 0.1) is 5.56 Å². The molecule has 0 unspecified atom stereocenters. The van der Waals surface area contributed by atoms with Crippen LogP contribution in [0.2, 0.25) is 0 Å². The van der Waals surface area contributed by atoms with Crippen LogP contribution in [0.1, 0.15) is 59.0 Å². The third-order valence-corrected chi connectivity index (χ3v) is 7.67. The number of likely N-dealkylation sites (tertiary alicyclic amines) is 2.